The highest BCUT2D eigenvalue weighted by Gasteiger charge is 2.74. The van der Waals surface area contributed by atoms with Crippen LogP contribution in [-0.4, -0.2) is 44.2 Å². The quantitative estimate of drug-likeness (QED) is 0.183. The van der Waals surface area contributed by atoms with Crippen molar-refractivity contribution in [1.29, 1.82) is 5.26 Å². The van der Waals surface area contributed by atoms with Crippen molar-refractivity contribution in [3.8, 4) is 6.07 Å². The van der Waals surface area contributed by atoms with Crippen molar-refractivity contribution in [3.05, 3.63) is 62.7 Å². The maximum absolute atomic E-state index is 15.0. The van der Waals surface area contributed by atoms with Crippen molar-refractivity contribution >= 4 is 38.3 Å². The Balaban J connectivity index is 1.70. The Morgan fingerprint density at radius 3 is 2.05 bits per heavy atom. The first-order valence-corrected chi connectivity index (χ1v) is 16.7. The van der Waals surface area contributed by atoms with Crippen LogP contribution in [0.5, 0.6) is 0 Å². The Labute approximate surface area is 263 Å². The number of carbonyl (C=O) groups is 1. The minimum absolute atomic E-state index is 0.0649. The number of amides is 1. The topological polar surface area (TPSA) is 78.2 Å². The molecular formula is C30H28F7IN2O3S. The van der Waals surface area contributed by atoms with Gasteiger partial charge in [-0.15, -0.1) is 0 Å². The average molecular weight is 757 g/mol. The van der Waals surface area contributed by atoms with E-state index in [-0.39, 0.29) is 41.8 Å². The summed E-state index contributed by atoms with van der Waals surface area (Å²) < 4.78 is 125. The van der Waals surface area contributed by atoms with Crippen LogP contribution < -0.4 is 0 Å². The van der Waals surface area contributed by atoms with Gasteiger partial charge >= 0.3 is 18.0 Å². The first kappa shape index (κ1) is 33.0. The van der Waals surface area contributed by atoms with Crippen LogP contribution in [-0.2, 0) is 31.5 Å². The normalized spacial score (nSPS) is 24.2. The van der Waals surface area contributed by atoms with Gasteiger partial charge in [-0.25, -0.2) is 12.8 Å². The lowest BCUT2D eigenvalue weighted by Gasteiger charge is -2.44. The fraction of sp³-hybridized carbons (Fsp3) is 0.533. The summed E-state index contributed by atoms with van der Waals surface area (Å²) in [6, 6.07) is 8.60. The molecule has 0 radical (unpaired) electrons. The molecule has 2 atom stereocenters. The van der Waals surface area contributed by atoms with Crippen LogP contribution in [0.1, 0.15) is 68.1 Å². The molecule has 3 aliphatic rings. The molecule has 5 nitrogen and oxygen atoms in total. The van der Waals surface area contributed by atoms with Crippen molar-refractivity contribution in [3.63, 3.8) is 0 Å². The predicted octanol–water partition coefficient (Wildman–Crippen LogP) is 7.66. The number of nitriles is 1. The third-order valence-corrected chi connectivity index (χ3v) is 12.8. The highest BCUT2D eigenvalue weighted by atomic mass is 127. The Morgan fingerprint density at radius 1 is 0.909 bits per heavy atom. The summed E-state index contributed by atoms with van der Waals surface area (Å²) >= 11 is 1.98. The summed E-state index contributed by atoms with van der Waals surface area (Å²) in [7, 11) is -4.44. The van der Waals surface area contributed by atoms with Crippen LogP contribution in [0.4, 0.5) is 30.7 Å². The van der Waals surface area contributed by atoms with E-state index in [1.807, 2.05) is 22.6 Å². The van der Waals surface area contributed by atoms with Gasteiger partial charge in [-0.1, -0.05) is 43.9 Å². The van der Waals surface area contributed by atoms with Crippen LogP contribution in [0.2, 0.25) is 0 Å². The summed E-state index contributed by atoms with van der Waals surface area (Å²) in [5.74, 6) is -0.511. The van der Waals surface area contributed by atoms with Crippen LogP contribution in [0.15, 0.2) is 47.4 Å². The third kappa shape index (κ3) is 4.82. The van der Waals surface area contributed by atoms with E-state index in [1.165, 1.54) is 17.0 Å². The molecule has 2 aromatic carbocycles. The summed E-state index contributed by atoms with van der Waals surface area (Å²) in [4.78, 5) is 15.4. The monoisotopic (exact) mass is 756 g/mol. The van der Waals surface area contributed by atoms with Crippen molar-refractivity contribution < 1.29 is 43.9 Å². The zero-order valence-electron chi connectivity index (χ0n) is 23.2. The Hall–Kier alpha value is -2.41. The van der Waals surface area contributed by atoms with Crippen molar-refractivity contribution in [1.82, 2.24) is 4.90 Å². The Kier molecular flexibility index (Phi) is 8.34. The molecule has 238 valence electrons. The van der Waals surface area contributed by atoms with Gasteiger partial charge in [0.05, 0.1) is 17.0 Å². The summed E-state index contributed by atoms with van der Waals surface area (Å²) in [5, 5.41) is 10.2. The maximum Gasteiger partial charge on any atom is 0.435 e. The number of alkyl halides is 7. The molecule has 0 unspecified atom stereocenters. The molecule has 0 bridgehead atoms. The molecule has 1 amide bonds. The van der Waals surface area contributed by atoms with E-state index >= 15 is 4.39 Å². The molecule has 0 spiro atoms. The molecule has 14 heteroatoms. The van der Waals surface area contributed by atoms with Gasteiger partial charge in [0.2, 0.25) is 5.91 Å². The zero-order valence-corrected chi connectivity index (χ0v) is 26.2. The molecule has 1 heterocycles. The van der Waals surface area contributed by atoms with Gasteiger partial charge in [-0.05, 0) is 90.1 Å². The van der Waals surface area contributed by atoms with E-state index in [2.05, 4.69) is 6.07 Å². The second kappa shape index (κ2) is 11.1. The number of fused-ring (bicyclic) bond motifs is 3. The molecular weight excluding hydrogens is 728 g/mol. The van der Waals surface area contributed by atoms with E-state index in [4.69, 9.17) is 0 Å². The van der Waals surface area contributed by atoms with Gasteiger partial charge in [-0.3, -0.25) is 4.79 Å². The number of nitrogens with zero attached hydrogens (tertiary/aromatic N) is 2. The van der Waals surface area contributed by atoms with E-state index in [9.17, 15) is 44.8 Å². The second-order valence-corrected chi connectivity index (χ2v) is 15.2. The molecule has 0 aromatic heterocycles. The zero-order chi connectivity index (χ0) is 32.3. The largest absolute Gasteiger partial charge is 0.435 e. The number of likely N-dealkylation sites (tertiary alicyclic amines) is 1. The third-order valence-electron chi connectivity index (χ3n) is 9.51. The van der Waals surface area contributed by atoms with Crippen molar-refractivity contribution in [2.45, 2.75) is 91.5 Å². The molecule has 2 aliphatic carbocycles. The lowest BCUT2D eigenvalue weighted by molar-refractivity contribution is -0.348. The van der Waals surface area contributed by atoms with Gasteiger partial charge in [0.25, 0.3) is 0 Å². The van der Waals surface area contributed by atoms with E-state index in [1.54, 1.807) is 12.1 Å². The number of hydrogen-bond donors (Lipinski definition) is 0. The standard InChI is InChI=1S/C30H28F7IN2O3S/c31-28(29(32,33)34,30(35,36)37)20-6-11-23-19(17-20)5-12-24-27(23,44(42,43)22-9-7-21(38)8-10-22)15-16-40(24)25(41)26(18-39)13-3-1-2-4-14-26/h6-11,17,24H,1-5,12-16H2/t24-,27-/m1/s1. The van der Waals surface area contributed by atoms with Crippen molar-refractivity contribution in [2.75, 3.05) is 6.54 Å². The van der Waals surface area contributed by atoms with Gasteiger partial charge in [-0.2, -0.15) is 31.6 Å². The average Bonchev–Trinajstić information content (AvgIpc) is 3.21. The molecule has 2 aromatic rings. The Morgan fingerprint density at radius 2 is 1.50 bits per heavy atom. The highest BCUT2D eigenvalue weighted by molar-refractivity contribution is 14.1. The summed E-state index contributed by atoms with van der Waals surface area (Å²) in [6.45, 7) is -0.0874. The van der Waals surface area contributed by atoms with Gasteiger partial charge in [0.15, 0.2) is 9.84 Å². The number of aryl methyl sites for hydroxylation is 1. The maximum atomic E-state index is 15.0. The van der Waals surface area contributed by atoms with Gasteiger partial charge < -0.3 is 4.90 Å². The lowest BCUT2D eigenvalue weighted by Crippen LogP contribution is -2.55. The minimum Gasteiger partial charge on any atom is -0.336 e. The predicted molar refractivity (Wildman–Crippen MR) is 154 cm³/mol. The van der Waals surface area contributed by atoms with Gasteiger partial charge in [0.1, 0.15) is 10.2 Å². The summed E-state index contributed by atoms with van der Waals surface area (Å²) in [6.07, 6.45) is -9.63. The molecule has 0 N–H and O–H groups in total. The fourth-order valence-corrected chi connectivity index (χ4v) is 10.0. The summed E-state index contributed by atoms with van der Waals surface area (Å²) in [5.41, 5.74) is -8.96. The number of carbonyl (C=O) groups excluding carboxylic acids is 1. The molecule has 5 rings (SSSR count). The highest BCUT2D eigenvalue weighted by Crippen LogP contribution is 2.57. The van der Waals surface area contributed by atoms with E-state index in [0.717, 1.165) is 22.5 Å². The minimum atomic E-state index is -6.33. The van der Waals surface area contributed by atoms with Crippen LogP contribution in [0.25, 0.3) is 0 Å². The number of halogens is 8. The van der Waals surface area contributed by atoms with Gasteiger partial charge in [0, 0.05) is 15.7 Å². The number of hydrogen-bond acceptors (Lipinski definition) is 4. The number of sulfone groups is 1. The first-order valence-electron chi connectivity index (χ1n) is 14.1. The molecule has 2 fully saturated rings. The smallest absolute Gasteiger partial charge is 0.336 e. The van der Waals surface area contributed by atoms with Crippen LogP contribution >= 0.6 is 22.6 Å². The molecule has 1 saturated carbocycles. The van der Waals surface area contributed by atoms with E-state index < -0.39 is 55.5 Å². The number of benzene rings is 2. The van der Waals surface area contributed by atoms with E-state index in [0.29, 0.717) is 37.8 Å². The Bertz CT molecular complexity index is 1580. The van der Waals surface area contributed by atoms with Crippen LogP contribution in [0, 0.1) is 20.3 Å². The molecule has 1 aliphatic heterocycles. The number of rotatable bonds is 4. The molecule has 1 saturated heterocycles. The second-order valence-electron chi connectivity index (χ2n) is 11.8. The van der Waals surface area contributed by atoms with Crippen LogP contribution in [0.3, 0.4) is 0 Å². The fourth-order valence-electron chi connectivity index (χ4n) is 7.28. The lowest BCUT2D eigenvalue weighted by atomic mass is 9.76. The van der Waals surface area contributed by atoms with Crippen molar-refractivity contribution in [2.24, 2.45) is 5.41 Å². The molecule has 44 heavy (non-hydrogen) atoms. The first-order chi connectivity index (χ1) is 20.5. The SMILES string of the molecule is N#CC1(C(=O)N2CC[C@@]3(S(=O)(=O)c4ccc(I)cc4)c4ccc(C(F)(C(F)(F)F)C(F)(F)F)cc4CC[C@@H]23)CCCCCC1.